The monoisotopic (exact) mass is 427 g/mol. The molecule has 1 fully saturated rings. The summed E-state index contributed by atoms with van der Waals surface area (Å²) in [7, 11) is 4.86. The standard InChI is InChI=1S/C24H33N3O4/c1-5-25-24(26-14-18-8-6-7-9-20(18)31-16-17-10-11-17)27-15-19-12-22(29-3)23(30-4)13-21(19)28-2/h6-9,12-13,17H,5,10-11,14-16H2,1-4H3,(H2,25,26,27). The highest BCUT2D eigenvalue weighted by atomic mass is 16.5. The van der Waals surface area contributed by atoms with Crippen molar-refractivity contribution < 1.29 is 18.9 Å². The van der Waals surface area contributed by atoms with E-state index >= 15 is 0 Å². The summed E-state index contributed by atoms with van der Waals surface area (Å²) < 4.78 is 22.3. The van der Waals surface area contributed by atoms with Crippen LogP contribution in [0.25, 0.3) is 0 Å². The molecule has 1 saturated carbocycles. The van der Waals surface area contributed by atoms with E-state index in [1.165, 1.54) is 12.8 Å². The first kappa shape index (κ1) is 22.6. The number of hydrogen-bond acceptors (Lipinski definition) is 5. The molecule has 1 aliphatic carbocycles. The fourth-order valence-electron chi connectivity index (χ4n) is 3.18. The Balaban J connectivity index is 1.70. The number of rotatable bonds is 11. The van der Waals surface area contributed by atoms with Crippen molar-refractivity contribution >= 4 is 5.96 Å². The highest BCUT2D eigenvalue weighted by Gasteiger charge is 2.22. The molecule has 0 spiro atoms. The number of nitrogens with one attached hydrogen (secondary N) is 2. The first-order chi connectivity index (χ1) is 15.2. The highest BCUT2D eigenvalue weighted by Crippen LogP contribution is 2.35. The van der Waals surface area contributed by atoms with Crippen molar-refractivity contribution in [3.8, 4) is 23.0 Å². The summed E-state index contributed by atoms with van der Waals surface area (Å²) in [5, 5.41) is 6.69. The van der Waals surface area contributed by atoms with Crippen molar-refractivity contribution in [1.82, 2.24) is 10.6 Å². The number of ether oxygens (including phenoxy) is 4. The molecule has 2 aromatic rings. The number of benzene rings is 2. The van der Waals surface area contributed by atoms with Crippen molar-refractivity contribution in [2.75, 3.05) is 34.5 Å². The van der Waals surface area contributed by atoms with Gasteiger partial charge in [-0.1, -0.05) is 18.2 Å². The average Bonchev–Trinajstić information content (AvgIpc) is 3.64. The summed E-state index contributed by atoms with van der Waals surface area (Å²) in [4.78, 5) is 4.73. The zero-order valence-corrected chi connectivity index (χ0v) is 18.9. The van der Waals surface area contributed by atoms with Crippen LogP contribution in [0.2, 0.25) is 0 Å². The summed E-state index contributed by atoms with van der Waals surface area (Å²) in [6, 6.07) is 11.9. The molecule has 3 rings (SSSR count). The zero-order chi connectivity index (χ0) is 22.1. The lowest BCUT2D eigenvalue weighted by Crippen LogP contribution is -2.36. The molecule has 0 amide bonds. The maximum Gasteiger partial charge on any atom is 0.191 e. The molecule has 31 heavy (non-hydrogen) atoms. The Bertz CT molecular complexity index is 881. The number of para-hydroxylation sites is 1. The van der Waals surface area contributed by atoms with Gasteiger partial charge in [0.15, 0.2) is 17.5 Å². The number of methoxy groups -OCH3 is 3. The van der Waals surface area contributed by atoms with Gasteiger partial charge in [0.05, 0.1) is 34.5 Å². The third-order valence-corrected chi connectivity index (χ3v) is 5.13. The van der Waals surface area contributed by atoms with Crippen molar-refractivity contribution in [2.24, 2.45) is 10.9 Å². The summed E-state index contributed by atoms with van der Waals surface area (Å²) in [6.07, 6.45) is 2.55. The van der Waals surface area contributed by atoms with E-state index in [9.17, 15) is 0 Å². The van der Waals surface area contributed by atoms with Crippen LogP contribution in [0.5, 0.6) is 23.0 Å². The van der Waals surface area contributed by atoms with Gasteiger partial charge in [0, 0.05) is 30.3 Å². The average molecular weight is 428 g/mol. The topological polar surface area (TPSA) is 73.3 Å². The fourth-order valence-corrected chi connectivity index (χ4v) is 3.18. The van der Waals surface area contributed by atoms with Gasteiger partial charge >= 0.3 is 0 Å². The molecular weight excluding hydrogens is 394 g/mol. The second-order valence-corrected chi connectivity index (χ2v) is 7.43. The van der Waals surface area contributed by atoms with E-state index in [2.05, 4.69) is 16.7 Å². The normalized spacial score (nSPS) is 13.5. The van der Waals surface area contributed by atoms with Gasteiger partial charge in [-0.05, 0) is 37.8 Å². The van der Waals surface area contributed by atoms with Crippen LogP contribution in [-0.4, -0.2) is 40.4 Å². The summed E-state index contributed by atoms with van der Waals surface area (Å²) >= 11 is 0. The Labute approximate surface area is 184 Å². The van der Waals surface area contributed by atoms with Crippen molar-refractivity contribution in [2.45, 2.75) is 32.9 Å². The Hall–Kier alpha value is -3.09. The second kappa shape index (κ2) is 11.3. The molecule has 7 heteroatoms. The first-order valence-corrected chi connectivity index (χ1v) is 10.7. The van der Waals surface area contributed by atoms with Crippen molar-refractivity contribution in [1.29, 1.82) is 0 Å². The molecule has 2 aromatic carbocycles. The third-order valence-electron chi connectivity index (χ3n) is 5.13. The number of aliphatic imine (C=N–C) groups is 1. The maximum atomic E-state index is 6.02. The lowest BCUT2D eigenvalue weighted by atomic mass is 10.1. The highest BCUT2D eigenvalue weighted by molar-refractivity contribution is 5.79. The molecule has 1 aliphatic rings. The smallest absolute Gasteiger partial charge is 0.191 e. The van der Waals surface area contributed by atoms with Crippen LogP contribution in [0.1, 0.15) is 30.9 Å². The van der Waals surface area contributed by atoms with E-state index in [4.69, 9.17) is 23.9 Å². The van der Waals surface area contributed by atoms with Gasteiger partial charge in [-0.15, -0.1) is 0 Å². The Morgan fingerprint density at radius 2 is 1.61 bits per heavy atom. The SMILES string of the molecule is CCNC(=NCc1cc(OC)c(OC)cc1OC)NCc1ccccc1OCC1CC1. The predicted octanol–water partition coefficient (Wildman–Crippen LogP) is 3.76. The second-order valence-electron chi connectivity index (χ2n) is 7.43. The largest absolute Gasteiger partial charge is 0.496 e. The van der Waals surface area contributed by atoms with Crippen LogP contribution in [0.4, 0.5) is 0 Å². The molecular formula is C24H33N3O4. The van der Waals surface area contributed by atoms with E-state index in [0.717, 1.165) is 41.9 Å². The molecule has 2 N–H and O–H groups in total. The third kappa shape index (κ3) is 6.44. The van der Waals surface area contributed by atoms with E-state index in [1.807, 2.05) is 37.3 Å². The molecule has 0 atom stereocenters. The van der Waals surface area contributed by atoms with Crippen LogP contribution in [0.3, 0.4) is 0 Å². The lowest BCUT2D eigenvalue weighted by molar-refractivity contribution is 0.296. The van der Waals surface area contributed by atoms with Gasteiger partial charge in [-0.3, -0.25) is 0 Å². The molecule has 0 saturated heterocycles. The van der Waals surface area contributed by atoms with Crippen molar-refractivity contribution in [3.63, 3.8) is 0 Å². The molecule has 0 heterocycles. The Kier molecular flexibility index (Phi) is 8.27. The van der Waals surface area contributed by atoms with E-state index in [-0.39, 0.29) is 0 Å². The van der Waals surface area contributed by atoms with E-state index in [0.29, 0.717) is 30.3 Å². The lowest BCUT2D eigenvalue weighted by Gasteiger charge is -2.16. The minimum Gasteiger partial charge on any atom is -0.496 e. The summed E-state index contributed by atoms with van der Waals surface area (Å²) in [6.45, 7) is 4.65. The molecule has 0 unspecified atom stereocenters. The van der Waals surface area contributed by atoms with Crippen LogP contribution < -0.4 is 29.6 Å². The first-order valence-electron chi connectivity index (χ1n) is 10.7. The number of nitrogens with zero attached hydrogens (tertiary/aromatic N) is 1. The minimum atomic E-state index is 0.429. The molecule has 0 radical (unpaired) electrons. The van der Waals surface area contributed by atoms with Crippen LogP contribution in [-0.2, 0) is 13.1 Å². The fraction of sp³-hybridized carbons (Fsp3) is 0.458. The minimum absolute atomic E-state index is 0.429. The zero-order valence-electron chi connectivity index (χ0n) is 18.9. The van der Waals surface area contributed by atoms with Crippen LogP contribution in [0.15, 0.2) is 41.4 Å². The summed E-state index contributed by atoms with van der Waals surface area (Å²) in [5.41, 5.74) is 2.02. The maximum absolute atomic E-state index is 6.02. The molecule has 7 nitrogen and oxygen atoms in total. The Morgan fingerprint density at radius 1 is 0.903 bits per heavy atom. The van der Waals surface area contributed by atoms with Crippen LogP contribution >= 0.6 is 0 Å². The van der Waals surface area contributed by atoms with Crippen LogP contribution in [0, 0.1) is 5.92 Å². The van der Waals surface area contributed by atoms with Gasteiger partial charge < -0.3 is 29.6 Å². The molecule has 168 valence electrons. The molecule has 0 aliphatic heterocycles. The summed E-state index contributed by atoms with van der Waals surface area (Å²) in [5.74, 6) is 4.34. The van der Waals surface area contributed by atoms with E-state index < -0.39 is 0 Å². The van der Waals surface area contributed by atoms with Gasteiger partial charge in [-0.25, -0.2) is 4.99 Å². The van der Waals surface area contributed by atoms with Gasteiger partial charge in [0.1, 0.15) is 11.5 Å². The van der Waals surface area contributed by atoms with Gasteiger partial charge in [0.2, 0.25) is 0 Å². The molecule has 0 bridgehead atoms. The van der Waals surface area contributed by atoms with Crippen molar-refractivity contribution in [3.05, 3.63) is 47.5 Å². The Morgan fingerprint density at radius 3 is 2.29 bits per heavy atom. The number of guanidine groups is 1. The van der Waals surface area contributed by atoms with Gasteiger partial charge in [0.25, 0.3) is 0 Å². The van der Waals surface area contributed by atoms with Gasteiger partial charge in [-0.2, -0.15) is 0 Å². The predicted molar refractivity (Wildman–Crippen MR) is 122 cm³/mol. The quantitative estimate of drug-likeness (QED) is 0.420. The van der Waals surface area contributed by atoms with E-state index in [1.54, 1.807) is 21.3 Å². The number of hydrogen-bond donors (Lipinski definition) is 2. The molecule has 0 aromatic heterocycles.